The number of ether oxygens (including phenoxy) is 2. The van der Waals surface area contributed by atoms with Gasteiger partial charge in [-0.2, -0.15) is 0 Å². The number of hydrogen-bond donors (Lipinski definition) is 0. The Hall–Kier alpha value is -1.38. The maximum Gasteiger partial charge on any atom is 0.513 e. The summed E-state index contributed by atoms with van der Waals surface area (Å²) in [5, 5.41) is 0. The molecule has 4 nitrogen and oxygen atoms in total. The summed E-state index contributed by atoms with van der Waals surface area (Å²) in [6.45, 7) is -5.59. The lowest BCUT2D eigenvalue weighted by molar-refractivity contribution is 0.340. The second-order valence-corrected chi connectivity index (χ2v) is 6.22. The van der Waals surface area contributed by atoms with Gasteiger partial charge >= 0.3 is 6.98 Å². The smallest absolute Gasteiger partial charge is 0.497 e. The minimum atomic E-state index is -5.27. The van der Waals surface area contributed by atoms with Crippen molar-refractivity contribution < 1.29 is 30.8 Å². The lowest BCUT2D eigenvalue weighted by Gasteiger charge is -2.20. The predicted octanol–water partition coefficient (Wildman–Crippen LogP) is 1.17. The van der Waals surface area contributed by atoms with Gasteiger partial charge in [-0.15, -0.1) is 0 Å². The highest BCUT2D eigenvalue weighted by Crippen LogP contribution is 2.22. The van der Waals surface area contributed by atoms with Gasteiger partial charge in [0.25, 0.3) is 0 Å². The molecule has 0 saturated carbocycles. The van der Waals surface area contributed by atoms with Crippen LogP contribution in [0.25, 0.3) is 0 Å². The van der Waals surface area contributed by atoms with Crippen LogP contribution in [0.15, 0.2) is 18.2 Å². The highest BCUT2D eigenvalue weighted by atomic mass is 32.2. The minimum Gasteiger partial charge on any atom is -0.497 e. The molecule has 0 aromatic heterocycles. The summed E-state index contributed by atoms with van der Waals surface area (Å²) in [4.78, 5) is 0. The van der Waals surface area contributed by atoms with Crippen LogP contribution < -0.4 is 14.9 Å². The molecular weight excluding hydrogens is 284 g/mol. The van der Waals surface area contributed by atoms with Crippen LogP contribution in [0, 0.1) is 0 Å². The summed E-state index contributed by atoms with van der Waals surface area (Å²) in [6.07, 6.45) is 0.985. The molecule has 19 heavy (non-hydrogen) atoms. The van der Waals surface area contributed by atoms with E-state index in [2.05, 4.69) is 0 Å². The summed E-state index contributed by atoms with van der Waals surface area (Å²) in [5.41, 5.74) is -0.937. The molecule has 0 fully saturated rings. The van der Waals surface area contributed by atoms with Crippen molar-refractivity contribution in [1.29, 1.82) is 0 Å². The second-order valence-electron chi connectivity index (χ2n) is 3.96. The molecule has 1 aromatic rings. The maximum atomic E-state index is 12.8. The van der Waals surface area contributed by atoms with Gasteiger partial charge in [-0.05, 0) is 18.2 Å². The Labute approximate surface area is 109 Å². The number of benzene rings is 1. The van der Waals surface area contributed by atoms with Crippen LogP contribution in [0.4, 0.5) is 12.9 Å². The molecule has 1 rings (SSSR count). The monoisotopic (exact) mass is 297 g/mol. The Kier molecular flexibility index (Phi) is 4.73. The van der Waals surface area contributed by atoms with E-state index < -0.39 is 28.0 Å². The number of sulfone groups is 1. The molecule has 0 atom stereocenters. The molecule has 0 radical (unpaired) electrons. The Morgan fingerprint density at radius 3 is 2.37 bits per heavy atom. The van der Waals surface area contributed by atoms with Gasteiger partial charge in [-0.25, -0.2) is 8.42 Å². The van der Waals surface area contributed by atoms with E-state index in [1.165, 1.54) is 13.2 Å². The fraction of sp³-hybridized carbons (Fsp3) is 0.400. The lowest BCUT2D eigenvalue weighted by Crippen LogP contribution is -2.35. The first-order valence-corrected chi connectivity index (χ1v) is 7.38. The fourth-order valence-electron chi connectivity index (χ4n) is 1.34. The molecule has 0 heterocycles. The van der Waals surface area contributed by atoms with E-state index in [1.807, 2.05) is 0 Å². The molecule has 1 aromatic carbocycles. The SMILES string of the molecule is COc1ccc(OCCS(C)(=O)=O)c([B-](F)(F)F)c1. The number of methoxy groups -OCH3 is 1. The van der Waals surface area contributed by atoms with Crippen molar-refractivity contribution in [2.24, 2.45) is 0 Å². The largest absolute Gasteiger partial charge is 0.513 e. The van der Waals surface area contributed by atoms with Gasteiger partial charge in [0.15, 0.2) is 9.84 Å². The van der Waals surface area contributed by atoms with Crippen molar-refractivity contribution in [2.45, 2.75) is 0 Å². The van der Waals surface area contributed by atoms with Gasteiger partial charge in [0.05, 0.1) is 18.6 Å². The van der Waals surface area contributed by atoms with E-state index in [-0.39, 0.29) is 18.1 Å². The van der Waals surface area contributed by atoms with Crippen LogP contribution >= 0.6 is 0 Å². The zero-order chi connectivity index (χ0) is 14.7. The molecule has 9 heteroatoms. The van der Waals surface area contributed by atoms with Crippen LogP contribution in [-0.2, 0) is 9.84 Å². The quantitative estimate of drug-likeness (QED) is 0.740. The summed E-state index contributed by atoms with van der Waals surface area (Å²) in [7, 11) is -2.02. The first-order valence-electron chi connectivity index (χ1n) is 5.32. The van der Waals surface area contributed by atoms with Crippen molar-refractivity contribution in [3.8, 4) is 11.5 Å². The Bertz CT molecular complexity index is 542. The van der Waals surface area contributed by atoms with E-state index in [1.54, 1.807) is 0 Å². The summed E-state index contributed by atoms with van der Waals surface area (Å²) >= 11 is 0. The molecule has 0 aliphatic heterocycles. The third-order valence-electron chi connectivity index (χ3n) is 2.28. The van der Waals surface area contributed by atoms with E-state index in [0.29, 0.717) is 0 Å². The maximum absolute atomic E-state index is 12.8. The number of hydrogen-bond acceptors (Lipinski definition) is 4. The van der Waals surface area contributed by atoms with Crippen LogP contribution in [0.3, 0.4) is 0 Å². The van der Waals surface area contributed by atoms with Crippen LogP contribution in [-0.4, -0.2) is 41.1 Å². The standard InChI is InChI=1S/C10H13BF3O4S/c1-17-8-3-4-10(9(7-8)11(12,13)14)18-5-6-19(2,15)16/h3-4,7H,5-6H2,1-2H3/q-1. The van der Waals surface area contributed by atoms with Crippen molar-refractivity contribution in [3.63, 3.8) is 0 Å². The minimum absolute atomic E-state index is 0.0599. The van der Waals surface area contributed by atoms with Crippen molar-refractivity contribution >= 4 is 22.3 Å². The number of halogens is 3. The number of rotatable bonds is 6. The molecule has 0 amide bonds. The van der Waals surface area contributed by atoms with E-state index in [9.17, 15) is 21.4 Å². The third-order valence-corrected chi connectivity index (χ3v) is 3.19. The summed E-state index contributed by atoms with van der Waals surface area (Å²) < 4.78 is 69.9. The van der Waals surface area contributed by atoms with E-state index in [4.69, 9.17) is 9.47 Å². The van der Waals surface area contributed by atoms with Crippen LogP contribution in [0.5, 0.6) is 11.5 Å². The lowest BCUT2D eigenvalue weighted by atomic mass is 9.79. The highest BCUT2D eigenvalue weighted by Gasteiger charge is 2.30. The van der Waals surface area contributed by atoms with Gasteiger partial charge in [0, 0.05) is 6.26 Å². The van der Waals surface area contributed by atoms with Gasteiger partial charge < -0.3 is 22.4 Å². The topological polar surface area (TPSA) is 52.6 Å². The van der Waals surface area contributed by atoms with Crippen molar-refractivity contribution in [2.75, 3.05) is 25.7 Å². The first-order chi connectivity index (χ1) is 8.63. The first kappa shape index (κ1) is 15.7. The van der Waals surface area contributed by atoms with Gasteiger partial charge in [0.1, 0.15) is 12.4 Å². The van der Waals surface area contributed by atoms with E-state index >= 15 is 0 Å². The van der Waals surface area contributed by atoms with Crippen LogP contribution in [0.1, 0.15) is 0 Å². The average molecular weight is 297 g/mol. The molecule has 0 N–H and O–H groups in total. The zero-order valence-electron chi connectivity index (χ0n) is 10.4. The molecular formula is C10H13BF3O4S-. The van der Waals surface area contributed by atoms with Crippen molar-refractivity contribution in [1.82, 2.24) is 0 Å². The van der Waals surface area contributed by atoms with Gasteiger partial charge in [0.2, 0.25) is 0 Å². The third kappa shape index (κ3) is 5.02. The molecule has 0 aliphatic carbocycles. The van der Waals surface area contributed by atoms with Crippen LogP contribution in [0.2, 0.25) is 0 Å². The highest BCUT2D eigenvalue weighted by molar-refractivity contribution is 7.90. The zero-order valence-corrected chi connectivity index (χ0v) is 11.2. The van der Waals surface area contributed by atoms with Gasteiger partial charge in [-0.1, -0.05) is 5.46 Å². The predicted molar refractivity (Wildman–Crippen MR) is 66.9 cm³/mol. The Balaban J connectivity index is 2.94. The van der Waals surface area contributed by atoms with Gasteiger partial charge in [-0.3, -0.25) is 0 Å². The van der Waals surface area contributed by atoms with E-state index in [0.717, 1.165) is 18.4 Å². The Morgan fingerprint density at radius 2 is 1.89 bits per heavy atom. The molecule has 0 bridgehead atoms. The summed E-state index contributed by atoms with van der Waals surface area (Å²) in [5.74, 6) is -0.676. The molecule has 0 spiro atoms. The molecule has 0 unspecified atom stereocenters. The molecule has 0 saturated heterocycles. The molecule has 0 aliphatic rings. The molecule has 108 valence electrons. The average Bonchev–Trinajstić information content (AvgIpc) is 2.26. The van der Waals surface area contributed by atoms with Crippen molar-refractivity contribution in [3.05, 3.63) is 18.2 Å². The normalized spacial score (nSPS) is 12.3. The second kappa shape index (κ2) is 5.73. The summed E-state index contributed by atoms with van der Waals surface area (Å²) in [6, 6.07) is 3.27. The fourth-order valence-corrected chi connectivity index (χ4v) is 1.73. The Morgan fingerprint density at radius 1 is 1.26 bits per heavy atom.